The number of rotatable bonds is 7. The Morgan fingerprint density at radius 3 is 2.38 bits per heavy atom. The topological polar surface area (TPSA) is 9.23 Å². The van der Waals surface area contributed by atoms with Crippen LogP contribution in [-0.4, -0.2) is 6.61 Å². The van der Waals surface area contributed by atoms with Gasteiger partial charge in [0, 0.05) is 11.6 Å². The monoisotopic (exact) mass is 402 g/mol. The summed E-state index contributed by atoms with van der Waals surface area (Å²) >= 11 is 0. The average molecular weight is 403 g/mol. The van der Waals surface area contributed by atoms with E-state index in [1.807, 2.05) is 32.1 Å². The van der Waals surface area contributed by atoms with Crippen LogP contribution >= 0.6 is 0 Å². The van der Waals surface area contributed by atoms with Crippen LogP contribution in [0.2, 0.25) is 0 Å². The minimum absolute atomic E-state index is 0.192. The van der Waals surface area contributed by atoms with Gasteiger partial charge >= 0.3 is 0 Å². The molecule has 2 aromatic rings. The first-order chi connectivity index (χ1) is 14.0. The Labute approximate surface area is 171 Å². The highest BCUT2D eigenvalue weighted by atomic mass is 19.2. The largest absolute Gasteiger partial charge is 0.494 e. The number of hydrogen-bond donors (Lipinski definition) is 0. The van der Waals surface area contributed by atoms with Crippen molar-refractivity contribution in [3.05, 3.63) is 70.5 Å². The van der Waals surface area contributed by atoms with Gasteiger partial charge in [-0.05, 0) is 68.1 Å². The zero-order chi connectivity index (χ0) is 20.8. The predicted molar refractivity (Wildman–Crippen MR) is 112 cm³/mol. The Bertz CT molecular complexity index is 851. The highest BCUT2D eigenvalue weighted by Gasteiger charge is 2.23. The Balaban J connectivity index is 1.61. The molecule has 0 saturated heterocycles. The molecule has 0 atom stereocenters. The van der Waals surface area contributed by atoms with Gasteiger partial charge in [-0.1, -0.05) is 43.7 Å². The van der Waals surface area contributed by atoms with Crippen molar-refractivity contribution in [1.82, 2.24) is 0 Å². The smallest absolute Gasteiger partial charge is 0.166 e. The summed E-state index contributed by atoms with van der Waals surface area (Å²) in [5.74, 6) is -0.655. The highest BCUT2D eigenvalue weighted by molar-refractivity contribution is 5.51. The zero-order valence-corrected chi connectivity index (χ0v) is 17.2. The molecule has 1 nitrogen and oxygen atoms in total. The standard InChI is InChI=1S/C25H29F3O/c1-3-5-19-12-13-20(25(28)24(19)27)11-8-17-6-9-18(10-7-17)22-15-14-21(29-4-2)16-23(22)26/h8,11-18H,3-7,9-10H2,1-2H3/b11-8+. The lowest BCUT2D eigenvalue weighted by atomic mass is 9.78. The first-order valence-electron chi connectivity index (χ1n) is 10.6. The van der Waals surface area contributed by atoms with E-state index < -0.39 is 11.6 Å². The number of hydrogen-bond acceptors (Lipinski definition) is 1. The third-order valence-electron chi connectivity index (χ3n) is 5.75. The Hall–Kier alpha value is -2.23. The lowest BCUT2D eigenvalue weighted by Gasteiger charge is -2.27. The van der Waals surface area contributed by atoms with E-state index in [0.717, 1.165) is 37.7 Å². The van der Waals surface area contributed by atoms with Crippen molar-refractivity contribution in [2.75, 3.05) is 6.61 Å². The van der Waals surface area contributed by atoms with Crippen LogP contribution < -0.4 is 4.74 Å². The molecular weight excluding hydrogens is 373 g/mol. The molecule has 1 fully saturated rings. The molecule has 0 radical (unpaired) electrons. The van der Waals surface area contributed by atoms with E-state index in [0.29, 0.717) is 35.8 Å². The molecule has 0 heterocycles. The van der Waals surface area contributed by atoms with E-state index in [9.17, 15) is 13.2 Å². The molecule has 1 aliphatic carbocycles. The van der Waals surface area contributed by atoms with Crippen LogP contribution in [0.5, 0.6) is 5.75 Å². The van der Waals surface area contributed by atoms with Crippen molar-refractivity contribution < 1.29 is 17.9 Å². The van der Waals surface area contributed by atoms with E-state index in [1.165, 1.54) is 6.07 Å². The molecule has 1 saturated carbocycles. The minimum Gasteiger partial charge on any atom is -0.494 e. The molecule has 0 N–H and O–H groups in total. The van der Waals surface area contributed by atoms with Crippen molar-refractivity contribution in [1.29, 1.82) is 0 Å². The predicted octanol–water partition coefficient (Wildman–Crippen LogP) is 7.44. The first kappa shape index (κ1) is 21.5. The van der Waals surface area contributed by atoms with Gasteiger partial charge in [-0.2, -0.15) is 0 Å². The summed E-state index contributed by atoms with van der Waals surface area (Å²) in [5, 5.41) is 0. The maximum atomic E-state index is 14.4. The molecule has 0 unspecified atom stereocenters. The minimum atomic E-state index is -0.766. The van der Waals surface area contributed by atoms with Crippen molar-refractivity contribution >= 4 is 6.08 Å². The first-order valence-corrected chi connectivity index (χ1v) is 10.6. The lowest BCUT2D eigenvalue weighted by molar-refractivity contribution is 0.336. The molecule has 1 aliphatic rings. The fraction of sp³-hybridized carbons (Fsp3) is 0.440. The molecule has 29 heavy (non-hydrogen) atoms. The van der Waals surface area contributed by atoms with Crippen molar-refractivity contribution in [2.24, 2.45) is 5.92 Å². The summed E-state index contributed by atoms with van der Waals surface area (Å²) in [6.45, 7) is 4.34. The van der Waals surface area contributed by atoms with Crippen molar-refractivity contribution in [3.63, 3.8) is 0 Å². The van der Waals surface area contributed by atoms with E-state index in [4.69, 9.17) is 4.74 Å². The Morgan fingerprint density at radius 1 is 0.966 bits per heavy atom. The van der Waals surface area contributed by atoms with Crippen LogP contribution in [0.25, 0.3) is 6.08 Å². The molecule has 0 amide bonds. The van der Waals surface area contributed by atoms with E-state index in [1.54, 1.807) is 18.2 Å². The van der Waals surface area contributed by atoms with Crippen LogP contribution in [-0.2, 0) is 6.42 Å². The third-order valence-corrected chi connectivity index (χ3v) is 5.75. The van der Waals surface area contributed by atoms with E-state index >= 15 is 0 Å². The second kappa shape index (κ2) is 10.00. The van der Waals surface area contributed by atoms with Gasteiger partial charge in [0.05, 0.1) is 6.61 Å². The summed E-state index contributed by atoms with van der Waals surface area (Å²) in [5.41, 5.74) is 1.47. The number of benzene rings is 2. The summed E-state index contributed by atoms with van der Waals surface area (Å²) < 4.78 is 48.2. The molecular formula is C25H29F3O. The second-order valence-electron chi connectivity index (χ2n) is 7.78. The summed E-state index contributed by atoms with van der Waals surface area (Å²) in [4.78, 5) is 0. The van der Waals surface area contributed by atoms with Gasteiger partial charge in [0.2, 0.25) is 0 Å². The van der Waals surface area contributed by atoms with Crippen LogP contribution in [0.15, 0.2) is 36.4 Å². The van der Waals surface area contributed by atoms with Crippen LogP contribution in [0.3, 0.4) is 0 Å². The van der Waals surface area contributed by atoms with Crippen LogP contribution in [0.4, 0.5) is 13.2 Å². The third kappa shape index (κ3) is 5.23. The van der Waals surface area contributed by atoms with Gasteiger partial charge < -0.3 is 4.74 Å². The van der Waals surface area contributed by atoms with Crippen LogP contribution in [0.1, 0.15) is 68.6 Å². The maximum Gasteiger partial charge on any atom is 0.166 e. The van der Waals surface area contributed by atoms with E-state index in [-0.39, 0.29) is 11.7 Å². The fourth-order valence-electron chi connectivity index (χ4n) is 4.15. The highest BCUT2D eigenvalue weighted by Crippen LogP contribution is 2.38. The number of halogens is 3. The molecule has 0 aliphatic heterocycles. The lowest BCUT2D eigenvalue weighted by Crippen LogP contribution is -2.13. The quantitative estimate of drug-likeness (QED) is 0.467. The SMILES string of the molecule is CCCc1ccc(/C=C/C2CCC(c3ccc(OCC)cc3F)CC2)c(F)c1F. The van der Waals surface area contributed by atoms with Gasteiger partial charge in [0.15, 0.2) is 11.6 Å². The Morgan fingerprint density at radius 2 is 1.72 bits per heavy atom. The molecule has 0 aromatic heterocycles. The van der Waals surface area contributed by atoms with Gasteiger partial charge in [0.25, 0.3) is 0 Å². The maximum absolute atomic E-state index is 14.4. The molecule has 3 rings (SSSR count). The average Bonchev–Trinajstić information content (AvgIpc) is 2.72. The molecule has 0 spiro atoms. The normalized spacial score (nSPS) is 19.6. The summed E-state index contributed by atoms with van der Waals surface area (Å²) in [6.07, 6.45) is 8.57. The number of ether oxygens (including phenoxy) is 1. The number of aryl methyl sites for hydroxylation is 1. The molecule has 2 aromatic carbocycles. The molecule has 156 valence electrons. The fourth-order valence-corrected chi connectivity index (χ4v) is 4.15. The van der Waals surface area contributed by atoms with Gasteiger partial charge in [-0.3, -0.25) is 0 Å². The number of allylic oxidation sites excluding steroid dienone is 1. The van der Waals surface area contributed by atoms with Crippen LogP contribution in [0, 0.1) is 23.4 Å². The van der Waals surface area contributed by atoms with Crippen molar-refractivity contribution in [2.45, 2.75) is 58.3 Å². The summed E-state index contributed by atoms with van der Waals surface area (Å²) in [7, 11) is 0. The molecule has 0 bridgehead atoms. The molecule has 4 heteroatoms. The second-order valence-corrected chi connectivity index (χ2v) is 7.78. The summed E-state index contributed by atoms with van der Waals surface area (Å²) in [6, 6.07) is 8.45. The van der Waals surface area contributed by atoms with E-state index in [2.05, 4.69) is 0 Å². The van der Waals surface area contributed by atoms with Gasteiger partial charge in [-0.25, -0.2) is 13.2 Å². The Kier molecular flexibility index (Phi) is 7.40. The van der Waals surface area contributed by atoms with Crippen molar-refractivity contribution in [3.8, 4) is 5.75 Å². The zero-order valence-electron chi connectivity index (χ0n) is 17.2. The van der Waals surface area contributed by atoms with Gasteiger partial charge in [0.1, 0.15) is 11.6 Å². The van der Waals surface area contributed by atoms with Gasteiger partial charge in [-0.15, -0.1) is 0 Å².